The lowest BCUT2D eigenvalue weighted by Gasteiger charge is -2.16. The average molecular weight is 252 g/mol. The standard InChI is InChI=1S/C12H16N2O4/c1-7-3-2-4-8(7)5-14-6-9(11(16)17)10(15)13-12(14)18/h6-8H,2-5H2,1H3,(H,16,17)(H,13,15,18). The molecule has 18 heavy (non-hydrogen) atoms. The summed E-state index contributed by atoms with van der Waals surface area (Å²) in [6.45, 7) is 2.60. The molecule has 6 nitrogen and oxygen atoms in total. The zero-order chi connectivity index (χ0) is 13.3. The van der Waals surface area contributed by atoms with Crippen molar-refractivity contribution >= 4 is 5.97 Å². The van der Waals surface area contributed by atoms with Crippen molar-refractivity contribution in [1.29, 1.82) is 0 Å². The summed E-state index contributed by atoms with van der Waals surface area (Å²) in [5.74, 6) is -0.420. The van der Waals surface area contributed by atoms with E-state index < -0.39 is 17.2 Å². The second-order valence-corrected chi connectivity index (χ2v) is 4.93. The number of rotatable bonds is 3. The first kappa shape index (κ1) is 12.6. The first-order chi connectivity index (χ1) is 8.49. The Morgan fingerprint density at radius 2 is 2.22 bits per heavy atom. The number of nitrogens with zero attached hydrogens (tertiary/aromatic N) is 1. The molecule has 1 aliphatic carbocycles. The van der Waals surface area contributed by atoms with Gasteiger partial charge in [0.2, 0.25) is 0 Å². The number of carboxylic acid groups (broad SMARTS) is 1. The third kappa shape index (κ3) is 2.37. The number of aromatic nitrogens is 2. The fourth-order valence-electron chi connectivity index (χ4n) is 2.54. The lowest BCUT2D eigenvalue weighted by Crippen LogP contribution is -2.35. The molecule has 1 heterocycles. The highest BCUT2D eigenvalue weighted by atomic mass is 16.4. The van der Waals surface area contributed by atoms with E-state index in [9.17, 15) is 14.4 Å². The first-order valence-corrected chi connectivity index (χ1v) is 6.06. The molecule has 98 valence electrons. The van der Waals surface area contributed by atoms with Gasteiger partial charge in [0.25, 0.3) is 5.56 Å². The van der Waals surface area contributed by atoms with E-state index in [-0.39, 0.29) is 5.56 Å². The summed E-state index contributed by atoms with van der Waals surface area (Å²) in [7, 11) is 0. The van der Waals surface area contributed by atoms with E-state index in [0.717, 1.165) is 25.5 Å². The molecule has 0 saturated heterocycles. The van der Waals surface area contributed by atoms with Gasteiger partial charge in [-0.15, -0.1) is 0 Å². The van der Waals surface area contributed by atoms with Crippen molar-refractivity contribution in [2.75, 3.05) is 0 Å². The first-order valence-electron chi connectivity index (χ1n) is 6.06. The van der Waals surface area contributed by atoms with E-state index in [1.807, 2.05) is 4.98 Å². The molecule has 1 aromatic heterocycles. The van der Waals surface area contributed by atoms with E-state index in [4.69, 9.17) is 5.11 Å². The smallest absolute Gasteiger partial charge is 0.342 e. The van der Waals surface area contributed by atoms with Crippen LogP contribution in [-0.2, 0) is 6.54 Å². The predicted octanol–water partition coefficient (Wildman–Crippen LogP) is 0.671. The molecular weight excluding hydrogens is 236 g/mol. The molecule has 0 radical (unpaired) electrons. The average Bonchev–Trinajstić information content (AvgIpc) is 2.67. The molecule has 0 aliphatic heterocycles. The lowest BCUT2D eigenvalue weighted by molar-refractivity contribution is 0.0693. The summed E-state index contributed by atoms with van der Waals surface area (Å²) in [6, 6.07) is 0. The Bertz CT molecular complexity index is 572. The van der Waals surface area contributed by atoms with Gasteiger partial charge < -0.3 is 5.11 Å². The van der Waals surface area contributed by atoms with Gasteiger partial charge in [-0.1, -0.05) is 19.8 Å². The molecule has 0 spiro atoms. The van der Waals surface area contributed by atoms with Gasteiger partial charge in [0.1, 0.15) is 5.56 Å². The zero-order valence-electron chi connectivity index (χ0n) is 10.2. The number of carbonyl (C=O) groups is 1. The van der Waals surface area contributed by atoms with Crippen molar-refractivity contribution in [2.45, 2.75) is 32.7 Å². The van der Waals surface area contributed by atoms with Gasteiger partial charge in [-0.25, -0.2) is 9.59 Å². The topological polar surface area (TPSA) is 92.2 Å². The monoisotopic (exact) mass is 252 g/mol. The number of nitrogens with one attached hydrogen (secondary N) is 1. The minimum Gasteiger partial charge on any atom is -0.477 e. The molecule has 1 aliphatic rings. The highest BCUT2D eigenvalue weighted by Gasteiger charge is 2.24. The Morgan fingerprint density at radius 1 is 1.50 bits per heavy atom. The highest BCUT2D eigenvalue weighted by Crippen LogP contribution is 2.31. The molecule has 0 aromatic carbocycles. The number of H-pyrrole nitrogens is 1. The van der Waals surface area contributed by atoms with Crippen LogP contribution in [0.25, 0.3) is 0 Å². The molecule has 2 unspecified atom stereocenters. The van der Waals surface area contributed by atoms with Gasteiger partial charge in [0, 0.05) is 12.7 Å². The van der Waals surface area contributed by atoms with Crippen molar-refractivity contribution in [3.63, 3.8) is 0 Å². The fourth-order valence-corrected chi connectivity index (χ4v) is 2.54. The Morgan fingerprint density at radius 3 is 2.78 bits per heavy atom. The second-order valence-electron chi connectivity index (χ2n) is 4.93. The van der Waals surface area contributed by atoms with Crippen molar-refractivity contribution in [1.82, 2.24) is 9.55 Å². The number of aromatic carboxylic acids is 1. The van der Waals surface area contributed by atoms with Crippen LogP contribution in [0, 0.1) is 11.8 Å². The van der Waals surface area contributed by atoms with Gasteiger partial charge >= 0.3 is 11.7 Å². The van der Waals surface area contributed by atoms with E-state index in [1.54, 1.807) is 0 Å². The van der Waals surface area contributed by atoms with Gasteiger partial charge in [-0.3, -0.25) is 14.3 Å². The van der Waals surface area contributed by atoms with Crippen LogP contribution < -0.4 is 11.2 Å². The minimum atomic E-state index is -1.32. The van der Waals surface area contributed by atoms with Crippen LogP contribution in [0.4, 0.5) is 0 Å². The van der Waals surface area contributed by atoms with Gasteiger partial charge in [-0.05, 0) is 18.3 Å². The maximum absolute atomic E-state index is 11.6. The fraction of sp³-hybridized carbons (Fsp3) is 0.583. The molecular formula is C12H16N2O4. The molecule has 1 aromatic rings. The quantitative estimate of drug-likeness (QED) is 0.827. The molecule has 1 saturated carbocycles. The number of carboxylic acids is 1. The summed E-state index contributed by atoms with van der Waals surface area (Å²) in [6.07, 6.45) is 4.45. The van der Waals surface area contributed by atoms with Crippen molar-refractivity contribution in [3.05, 3.63) is 32.6 Å². The SMILES string of the molecule is CC1CCCC1Cn1cc(C(=O)O)c(=O)[nH]c1=O. The Kier molecular flexibility index (Phi) is 3.36. The maximum Gasteiger partial charge on any atom is 0.342 e. The van der Waals surface area contributed by atoms with Crippen LogP contribution in [0.2, 0.25) is 0 Å². The molecule has 0 amide bonds. The van der Waals surface area contributed by atoms with Crippen LogP contribution in [0.5, 0.6) is 0 Å². The Hall–Kier alpha value is -1.85. The predicted molar refractivity (Wildman–Crippen MR) is 64.8 cm³/mol. The maximum atomic E-state index is 11.6. The molecule has 2 atom stereocenters. The van der Waals surface area contributed by atoms with E-state index in [2.05, 4.69) is 6.92 Å². The molecule has 0 bridgehead atoms. The van der Waals surface area contributed by atoms with Crippen LogP contribution in [0.1, 0.15) is 36.5 Å². The lowest BCUT2D eigenvalue weighted by atomic mass is 9.98. The van der Waals surface area contributed by atoms with E-state index >= 15 is 0 Å². The Labute approximate surface area is 103 Å². The number of aromatic amines is 1. The number of hydrogen-bond donors (Lipinski definition) is 2. The van der Waals surface area contributed by atoms with Crippen molar-refractivity contribution in [3.8, 4) is 0 Å². The molecule has 2 rings (SSSR count). The third-order valence-corrected chi connectivity index (χ3v) is 3.71. The van der Waals surface area contributed by atoms with Crippen molar-refractivity contribution in [2.24, 2.45) is 11.8 Å². The molecule has 1 fully saturated rings. The highest BCUT2D eigenvalue weighted by molar-refractivity contribution is 5.86. The van der Waals surface area contributed by atoms with Gasteiger partial charge in [0.15, 0.2) is 0 Å². The van der Waals surface area contributed by atoms with E-state index in [0.29, 0.717) is 18.4 Å². The molecule has 2 N–H and O–H groups in total. The summed E-state index contributed by atoms with van der Waals surface area (Å²) in [5.41, 5.74) is -1.77. The second kappa shape index (κ2) is 4.80. The zero-order valence-corrected chi connectivity index (χ0v) is 10.2. The third-order valence-electron chi connectivity index (χ3n) is 3.71. The van der Waals surface area contributed by atoms with Crippen LogP contribution in [-0.4, -0.2) is 20.6 Å². The van der Waals surface area contributed by atoms with Crippen LogP contribution in [0.3, 0.4) is 0 Å². The minimum absolute atomic E-state index is 0.371. The summed E-state index contributed by atoms with van der Waals surface area (Å²) in [4.78, 5) is 35.8. The largest absolute Gasteiger partial charge is 0.477 e. The summed E-state index contributed by atoms with van der Waals surface area (Å²) in [5, 5.41) is 8.86. The van der Waals surface area contributed by atoms with Crippen molar-refractivity contribution < 1.29 is 9.90 Å². The van der Waals surface area contributed by atoms with E-state index in [1.165, 1.54) is 4.57 Å². The molecule has 6 heteroatoms. The summed E-state index contributed by atoms with van der Waals surface area (Å²) < 4.78 is 1.30. The summed E-state index contributed by atoms with van der Waals surface area (Å²) >= 11 is 0. The normalized spacial score (nSPS) is 23.2. The van der Waals surface area contributed by atoms with Gasteiger partial charge in [-0.2, -0.15) is 0 Å². The van der Waals surface area contributed by atoms with Crippen LogP contribution >= 0.6 is 0 Å². The Balaban J connectivity index is 2.33. The van der Waals surface area contributed by atoms with Gasteiger partial charge in [0.05, 0.1) is 0 Å². The number of hydrogen-bond acceptors (Lipinski definition) is 3. The van der Waals surface area contributed by atoms with Crippen LogP contribution in [0.15, 0.2) is 15.8 Å².